The first-order valence-electron chi connectivity index (χ1n) is 5.54. The SMILES string of the molecule is O=S(=O)(c1cc(F)cc(F)c1)N1CCC(O)CC1. The van der Waals surface area contributed by atoms with E-state index in [-0.39, 0.29) is 13.1 Å². The van der Waals surface area contributed by atoms with Gasteiger partial charge in [-0.15, -0.1) is 0 Å². The zero-order valence-corrected chi connectivity index (χ0v) is 10.3. The van der Waals surface area contributed by atoms with Crippen molar-refractivity contribution in [2.75, 3.05) is 13.1 Å². The van der Waals surface area contributed by atoms with Crippen LogP contribution in [0.3, 0.4) is 0 Å². The molecule has 0 saturated carbocycles. The van der Waals surface area contributed by atoms with Crippen molar-refractivity contribution >= 4 is 10.0 Å². The van der Waals surface area contributed by atoms with Gasteiger partial charge < -0.3 is 5.11 Å². The van der Waals surface area contributed by atoms with Gasteiger partial charge in [-0.25, -0.2) is 17.2 Å². The van der Waals surface area contributed by atoms with Crippen molar-refractivity contribution < 1.29 is 22.3 Å². The molecule has 4 nitrogen and oxygen atoms in total. The molecule has 7 heteroatoms. The summed E-state index contributed by atoms with van der Waals surface area (Å²) >= 11 is 0. The molecule has 0 spiro atoms. The van der Waals surface area contributed by atoms with Gasteiger partial charge in [-0.2, -0.15) is 4.31 Å². The number of piperidine rings is 1. The van der Waals surface area contributed by atoms with E-state index in [0.717, 1.165) is 16.4 Å². The summed E-state index contributed by atoms with van der Waals surface area (Å²) in [7, 11) is -3.89. The van der Waals surface area contributed by atoms with Crippen LogP contribution in [0.25, 0.3) is 0 Å². The number of aliphatic hydroxyl groups excluding tert-OH is 1. The molecule has 0 radical (unpaired) electrons. The van der Waals surface area contributed by atoms with E-state index in [0.29, 0.717) is 18.9 Å². The molecule has 1 aliphatic heterocycles. The Bertz CT molecular complexity index is 519. The minimum absolute atomic E-state index is 0.154. The number of nitrogens with zero attached hydrogens (tertiary/aromatic N) is 1. The molecule has 0 aromatic heterocycles. The molecule has 1 aromatic rings. The van der Waals surface area contributed by atoms with E-state index in [1.165, 1.54) is 0 Å². The molecule has 100 valence electrons. The summed E-state index contributed by atoms with van der Waals surface area (Å²) in [6.45, 7) is 0.309. The number of sulfonamides is 1. The van der Waals surface area contributed by atoms with E-state index in [2.05, 4.69) is 0 Å². The van der Waals surface area contributed by atoms with Gasteiger partial charge in [0.25, 0.3) is 0 Å². The molecular weight excluding hydrogens is 264 g/mol. The van der Waals surface area contributed by atoms with E-state index >= 15 is 0 Å². The van der Waals surface area contributed by atoms with Crippen LogP contribution in [-0.2, 0) is 10.0 Å². The third-order valence-corrected chi connectivity index (χ3v) is 4.77. The van der Waals surface area contributed by atoms with Crippen molar-refractivity contribution in [1.29, 1.82) is 0 Å². The van der Waals surface area contributed by atoms with Crippen molar-refractivity contribution in [2.45, 2.75) is 23.8 Å². The quantitative estimate of drug-likeness (QED) is 0.881. The van der Waals surface area contributed by atoms with Crippen molar-refractivity contribution in [1.82, 2.24) is 4.31 Å². The average Bonchev–Trinajstić information content (AvgIpc) is 2.28. The second-order valence-corrected chi connectivity index (χ2v) is 6.18. The van der Waals surface area contributed by atoms with Gasteiger partial charge in [-0.3, -0.25) is 0 Å². The summed E-state index contributed by atoms with van der Waals surface area (Å²) in [5, 5.41) is 9.31. The lowest BCUT2D eigenvalue weighted by atomic mass is 10.1. The molecule has 1 aromatic carbocycles. The molecule has 1 saturated heterocycles. The lowest BCUT2D eigenvalue weighted by Crippen LogP contribution is -2.40. The Labute approximate surface area is 104 Å². The predicted molar refractivity (Wildman–Crippen MR) is 60.4 cm³/mol. The van der Waals surface area contributed by atoms with Crippen LogP contribution in [-0.4, -0.2) is 37.0 Å². The van der Waals surface area contributed by atoms with Crippen LogP contribution in [0.5, 0.6) is 0 Å². The summed E-state index contributed by atoms with van der Waals surface area (Å²) in [5.41, 5.74) is 0. The van der Waals surface area contributed by atoms with Gasteiger partial charge in [0.15, 0.2) is 0 Å². The number of hydrogen-bond donors (Lipinski definition) is 1. The van der Waals surface area contributed by atoms with Gasteiger partial charge in [-0.05, 0) is 25.0 Å². The average molecular weight is 277 g/mol. The van der Waals surface area contributed by atoms with Gasteiger partial charge in [0.1, 0.15) is 11.6 Å². The summed E-state index contributed by atoms with van der Waals surface area (Å²) in [6.07, 6.45) is 0.148. The maximum absolute atomic E-state index is 13.0. The van der Waals surface area contributed by atoms with E-state index in [1.54, 1.807) is 0 Å². The van der Waals surface area contributed by atoms with Crippen LogP contribution in [0.4, 0.5) is 8.78 Å². The molecule has 18 heavy (non-hydrogen) atoms. The zero-order chi connectivity index (χ0) is 13.3. The van der Waals surface area contributed by atoms with Crippen molar-refractivity contribution in [3.63, 3.8) is 0 Å². The molecule has 1 N–H and O–H groups in total. The number of rotatable bonds is 2. The first kappa shape index (κ1) is 13.4. The fourth-order valence-corrected chi connectivity index (χ4v) is 3.42. The molecular formula is C11H13F2NO3S. The van der Waals surface area contributed by atoms with Gasteiger partial charge in [-0.1, -0.05) is 0 Å². The Kier molecular flexibility index (Phi) is 3.65. The van der Waals surface area contributed by atoms with Crippen LogP contribution >= 0.6 is 0 Å². The molecule has 2 rings (SSSR count). The normalized spacial score (nSPS) is 19.1. The van der Waals surface area contributed by atoms with Crippen molar-refractivity contribution in [3.8, 4) is 0 Å². The monoisotopic (exact) mass is 277 g/mol. The van der Waals surface area contributed by atoms with Crippen LogP contribution in [0.15, 0.2) is 23.1 Å². The van der Waals surface area contributed by atoms with Crippen molar-refractivity contribution in [2.24, 2.45) is 0 Å². The Morgan fingerprint density at radius 1 is 1.11 bits per heavy atom. The second-order valence-electron chi connectivity index (χ2n) is 4.24. The molecule has 1 heterocycles. The van der Waals surface area contributed by atoms with E-state index in [4.69, 9.17) is 0 Å². The van der Waals surface area contributed by atoms with Gasteiger partial charge >= 0.3 is 0 Å². The molecule has 0 amide bonds. The Balaban J connectivity index is 2.30. The number of halogens is 2. The third-order valence-electron chi connectivity index (χ3n) is 2.90. The standard InChI is InChI=1S/C11H13F2NO3S/c12-8-5-9(13)7-11(6-8)18(16,17)14-3-1-10(15)2-4-14/h5-7,10,15H,1-4H2. The molecule has 0 bridgehead atoms. The predicted octanol–water partition coefficient (Wildman–Crippen LogP) is 1.11. The number of benzene rings is 1. The third kappa shape index (κ3) is 2.68. The molecule has 1 fully saturated rings. The first-order chi connectivity index (χ1) is 8.39. The van der Waals surface area contributed by atoms with Crippen LogP contribution in [0, 0.1) is 11.6 Å². The maximum atomic E-state index is 13.0. The topological polar surface area (TPSA) is 57.6 Å². The van der Waals surface area contributed by atoms with Crippen LogP contribution in [0.1, 0.15) is 12.8 Å². The van der Waals surface area contributed by atoms with Crippen LogP contribution < -0.4 is 0 Å². The summed E-state index contributed by atoms with van der Waals surface area (Å²) in [5.74, 6) is -1.85. The highest BCUT2D eigenvalue weighted by Crippen LogP contribution is 2.22. The van der Waals surface area contributed by atoms with Gasteiger partial charge in [0.05, 0.1) is 11.0 Å². The number of hydrogen-bond acceptors (Lipinski definition) is 3. The van der Waals surface area contributed by atoms with Crippen LogP contribution in [0.2, 0.25) is 0 Å². The lowest BCUT2D eigenvalue weighted by Gasteiger charge is -2.28. The Morgan fingerprint density at radius 3 is 2.11 bits per heavy atom. The Morgan fingerprint density at radius 2 is 1.61 bits per heavy atom. The zero-order valence-electron chi connectivity index (χ0n) is 9.51. The fraction of sp³-hybridized carbons (Fsp3) is 0.455. The molecule has 0 aliphatic carbocycles. The van der Waals surface area contributed by atoms with E-state index < -0.39 is 32.7 Å². The highest BCUT2D eigenvalue weighted by atomic mass is 32.2. The largest absolute Gasteiger partial charge is 0.393 e. The summed E-state index contributed by atoms with van der Waals surface area (Å²) in [6, 6.07) is 2.21. The minimum atomic E-state index is -3.89. The Hall–Kier alpha value is -1.05. The summed E-state index contributed by atoms with van der Waals surface area (Å²) in [4.78, 5) is -0.392. The smallest absolute Gasteiger partial charge is 0.243 e. The van der Waals surface area contributed by atoms with Crippen molar-refractivity contribution in [3.05, 3.63) is 29.8 Å². The molecule has 1 aliphatic rings. The first-order valence-corrected chi connectivity index (χ1v) is 6.98. The lowest BCUT2D eigenvalue weighted by molar-refractivity contribution is 0.113. The highest BCUT2D eigenvalue weighted by Gasteiger charge is 2.29. The second kappa shape index (κ2) is 4.91. The molecule has 0 atom stereocenters. The highest BCUT2D eigenvalue weighted by molar-refractivity contribution is 7.89. The van der Waals surface area contributed by atoms with E-state index in [1.807, 2.05) is 0 Å². The summed E-state index contributed by atoms with van der Waals surface area (Å²) < 4.78 is 51.4. The fourth-order valence-electron chi connectivity index (χ4n) is 1.91. The van der Waals surface area contributed by atoms with Gasteiger partial charge in [0.2, 0.25) is 10.0 Å². The van der Waals surface area contributed by atoms with E-state index in [9.17, 15) is 22.3 Å². The molecule has 0 unspecified atom stereocenters. The number of aliphatic hydroxyl groups is 1. The minimum Gasteiger partial charge on any atom is -0.393 e. The van der Waals surface area contributed by atoms with Gasteiger partial charge in [0, 0.05) is 19.2 Å². The maximum Gasteiger partial charge on any atom is 0.243 e.